The van der Waals surface area contributed by atoms with Crippen molar-refractivity contribution in [2.45, 2.75) is 0 Å². The number of rotatable bonds is 4. The summed E-state index contributed by atoms with van der Waals surface area (Å²) in [4.78, 5) is 15.9. The Morgan fingerprint density at radius 1 is 1.04 bits per heavy atom. The third kappa shape index (κ3) is 3.55. The smallest absolute Gasteiger partial charge is 0.329 e. The van der Waals surface area contributed by atoms with E-state index in [0.717, 1.165) is 0 Å². The molecule has 24 heavy (non-hydrogen) atoms. The van der Waals surface area contributed by atoms with E-state index >= 15 is 0 Å². The van der Waals surface area contributed by atoms with Crippen LogP contribution in [0, 0.1) is 0 Å². The minimum absolute atomic E-state index is 0.115. The van der Waals surface area contributed by atoms with Crippen molar-refractivity contribution in [1.29, 1.82) is 0 Å². The lowest BCUT2D eigenvalue weighted by molar-refractivity contribution is 0.0911. The van der Waals surface area contributed by atoms with Crippen LogP contribution in [0.3, 0.4) is 0 Å². The third-order valence-electron chi connectivity index (χ3n) is 3.02. The second-order valence-electron chi connectivity index (χ2n) is 4.76. The molecule has 1 amide bonds. The summed E-state index contributed by atoms with van der Waals surface area (Å²) in [5.41, 5.74) is 3.57. The summed E-state index contributed by atoms with van der Waals surface area (Å²) in [7, 11) is 0. The molecule has 0 unspecified atom stereocenters. The maximum absolute atomic E-state index is 11.9. The normalized spacial score (nSPS) is 10.8. The summed E-state index contributed by atoms with van der Waals surface area (Å²) in [6.45, 7) is 0. The van der Waals surface area contributed by atoms with E-state index < -0.39 is 5.91 Å². The van der Waals surface area contributed by atoms with Crippen molar-refractivity contribution in [3.63, 3.8) is 0 Å². The molecule has 1 aromatic heterocycles. The average molecular weight is 324 g/mol. The molecule has 8 nitrogen and oxygen atoms in total. The number of aromatic nitrogens is 2. The second-order valence-corrected chi connectivity index (χ2v) is 4.76. The Labute approximate surface area is 136 Å². The van der Waals surface area contributed by atoms with E-state index in [2.05, 4.69) is 20.7 Å². The number of nitrogens with one attached hydrogen (secondary N) is 1. The molecule has 1 heterocycles. The van der Waals surface area contributed by atoms with Crippen LogP contribution in [-0.4, -0.2) is 32.5 Å². The van der Waals surface area contributed by atoms with E-state index in [9.17, 15) is 15.0 Å². The fourth-order valence-electron chi connectivity index (χ4n) is 1.82. The van der Waals surface area contributed by atoms with E-state index in [1.807, 2.05) is 0 Å². The van der Waals surface area contributed by atoms with Crippen LogP contribution in [0.5, 0.6) is 11.5 Å². The number of phenols is 2. The molecule has 0 spiro atoms. The molecule has 3 N–H and O–H groups in total. The van der Waals surface area contributed by atoms with Crippen molar-refractivity contribution >= 4 is 12.1 Å². The lowest BCUT2D eigenvalue weighted by atomic mass is 10.2. The van der Waals surface area contributed by atoms with Crippen molar-refractivity contribution in [1.82, 2.24) is 15.6 Å². The van der Waals surface area contributed by atoms with Crippen LogP contribution in [0.4, 0.5) is 0 Å². The first-order chi connectivity index (χ1) is 11.6. The number of hydrazone groups is 1. The highest BCUT2D eigenvalue weighted by atomic mass is 16.5. The van der Waals surface area contributed by atoms with Gasteiger partial charge in [-0.05, 0) is 54.1 Å². The fourth-order valence-corrected chi connectivity index (χ4v) is 1.82. The minimum Gasteiger partial charge on any atom is -0.508 e. The van der Waals surface area contributed by atoms with Crippen LogP contribution in [0.2, 0.25) is 0 Å². The molecule has 0 atom stereocenters. The predicted molar refractivity (Wildman–Crippen MR) is 84.6 cm³/mol. The number of carbonyl (C=O) groups excluding carboxylic acids is 1. The summed E-state index contributed by atoms with van der Waals surface area (Å²) in [6, 6.07) is 12.5. The maximum atomic E-state index is 11.9. The first-order valence-corrected chi connectivity index (χ1v) is 6.87. The molecule has 3 aromatic rings. The minimum atomic E-state index is -0.650. The van der Waals surface area contributed by atoms with E-state index in [-0.39, 0.29) is 23.2 Å². The maximum Gasteiger partial charge on any atom is 0.329 e. The van der Waals surface area contributed by atoms with Gasteiger partial charge in [0.25, 0.3) is 0 Å². The Hall–Kier alpha value is -3.68. The Morgan fingerprint density at radius 2 is 1.67 bits per heavy atom. The van der Waals surface area contributed by atoms with E-state index in [1.165, 1.54) is 30.5 Å². The van der Waals surface area contributed by atoms with Crippen molar-refractivity contribution in [3.8, 4) is 22.9 Å². The van der Waals surface area contributed by atoms with E-state index in [0.29, 0.717) is 11.1 Å². The molecule has 0 aliphatic heterocycles. The van der Waals surface area contributed by atoms with Gasteiger partial charge in [-0.3, -0.25) is 4.79 Å². The average Bonchev–Trinajstić information content (AvgIpc) is 3.07. The predicted octanol–water partition coefficient (Wildman–Crippen LogP) is 1.91. The number of hydrogen-bond donors (Lipinski definition) is 3. The summed E-state index contributed by atoms with van der Waals surface area (Å²) in [5, 5.41) is 25.9. The van der Waals surface area contributed by atoms with Gasteiger partial charge >= 0.3 is 11.8 Å². The first-order valence-electron chi connectivity index (χ1n) is 6.87. The van der Waals surface area contributed by atoms with Gasteiger partial charge in [0.2, 0.25) is 5.82 Å². The van der Waals surface area contributed by atoms with Gasteiger partial charge in [-0.1, -0.05) is 5.16 Å². The third-order valence-corrected chi connectivity index (χ3v) is 3.02. The van der Waals surface area contributed by atoms with Crippen LogP contribution in [-0.2, 0) is 0 Å². The topological polar surface area (TPSA) is 121 Å². The van der Waals surface area contributed by atoms with Gasteiger partial charge in [-0.15, -0.1) is 0 Å². The number of nitrogens with zero attached hydrogens (tertiary/aromatic N) is 3. The molecule has 0 aliphatic carbocycles. The quantitative estimate of drug-likeness (QED) is 0.498. The van der Waals surface area contributed by atoms with Gasteiger partial charge in [0.1, 0.15) is 11.5 Å². The Kier molecular flexibility index (Phi) is 4.19. The molecule has 3 rings (SSSR count). The molecular formula is C16H12N4O4. The highest BCUT2D eigenvalue weighted by Crippen LogP contribution is 2.18. The molecule has 0 fully saturated rings. The molecule has 8 heteroatoms. The SMILES string of the molecule is O=C(N/N=C/c1ccc(O)cc1)c1nc(-c2ccc(O)cc2)no1. The molecule has 0 aliphatic rings. The molecule has 120 valence electrons. The zero-order chi connectivity index (χ0) is 16.9. The van der Waals surface area contributed by atoms with Crippen LogP contribution < -0.4 is 5.43 Å². The highest BCUT2D eigenvalue weighted by Gasteiger charge is 2.15. The molecule has 0 saturated heterocycles. The number of aromatic hydroxyl groups is 2. The van der Waals surface area contributed by atoms with Gasteiger partial charge in [0.15, 0.2) is 0 Å². The Bertz CT molecular complexity index is 870. The van der Waals surface area contributed by atoms with E-state index in [4.69, 9.17) is 4.52 Å². The van der Waals surface area contributed by atoms with Crippen molar-refractivity contribution < 1.29 is 19.5 Å². The van der Waals surface area contributed by atoms with Gasteiger partial charge in [-0.25, -0.2) is 5.43 Å². The Balaban J connectivity index is 1.65. The molecule has 2 aromatic carbocycles. The number of hydrogen-bond acceptors (Lipinski definition) is 7. The Morgan fingerprint density at radius 3 is 2.33 bits per heavy atom. The first kappa shape index (κ1) is 15.2. The zero-order valence-corrected chi connectivity index (χ0v) is 12.2. The zero-order valence-electron chi connectivity index (χ0n) is 12.2. The van der Waals surface area contributed by atoms with Crippen molar-refractivity contribution in [2.24, 2.45) is 5.10 Å². The summed E-state index contributed by atoms with van der Waals surface area (Å²) >= 11 is 0. The van der Waals surface area contributed by atoms with Crippen LogP contribution in [0.1, 0.15) is 16.2 Å². The van der Waals surface area contributed by atoms with Crippen LogP contribution >= 0.6 is 0 Å². The standard InChI is InChI=1S/C16H12N4O4/c21-12-5-1-10(2-6-12)9-17-19-15(23)16-18-14(20-24-16)11-3-7-13(22)8-4-11/h1-9,21-22H,(H,19,23)/b17-9+. The van der Waals surface area contributed by atoms with Gasteiger partial charge in [0.05, 0.1) is 6.21 Å². The molecule has 0 bridgehead atoms. The van der Waals surface area contributed by atoms with Crippen molar-refractivity contribution in [2.75, 3.05) is 0 Å². The van der Waals surface area contributed by atoms with Gasteiger partial charge < -0.3 is 14.7 Å². The lowest BCUT2D eigenvalue weighted by Crippen LogP contribution is -2.17. The largest absolute Gasteiger partial charge is 0.508 e. The monoisotopic (exact) mass is 324 g/mol. The summed E-state index contributed by atoms with van der Waals surface area (Å²) < 4.78 is 4.89. The molecular weight excluding hydrogens is 312 g/mol. The molecule has 0 saturated carbocycles. The fraction of sp³-hybridized carbons (Fsp3) is 0. The summed E-state index contributed by atoms with van der Waals surface area (Å²) in [6.07, 6.45) is 1.41. The van der Waals surface area contributed by atoms with Crippen molar-refractivity contribution in [3.05, 3.63) is 60.0 Å². The van der Waals surface area contributed by atoms with Crippen LogP contribution in [0.15, 0.2) is 58.2 Å². The van der Waals surface area contributed by atoms with Gasteiger partial charge in [0, 0.05) is 5.56 Å². The number of amides is 1. The number of benzene rings is 2. The van der Waals surface area contributed by atoms with Gasteiger partial charge in [-0.2, -0.15) is 10.1 Å². The van der Waals surface area contributed by atoms with Crippen LogP contribution in [0.25, 0.3) is 11.4 Å². The molecule has 0 radical (unpaired) electrons. The lowest BCUT2D eigenvalue weighted by Gasteiger charge is -1.95. The number of carbonyl (C=O) groups is 1. The number of phenolic OH excluding ortho intramolecular Hbond substituents is 2. The highest BCUT2D eigenvalue weighted by molar-refractivity contribution is 5.91. The second kappa shape index (κ2) is 6.61. The van der Waals surface area contributed by atoms with E-state index in [1.54, 1.807) is 24.3 Å². The summed E-state index contributed by atoms with van der Waals surface area (Å²) in [5.74, 6) is -0.404.